The van der Waals surface area contributed by atoms with Crippen LogP contribution >= 0.6 is 11.8 Å². The topological polar surface area (TPSA) is 62.1 Å². The summed E-state index contributed by atoms with van der Waals surface area (Å²) in [7, 11) is 1.95. The molecule has 6 rings (SSSR count). The summed E-state index contributed by atoms with van der Waals surface area (Å²) in [5.41, 5.74) is 4.32. The second kappa shape index (κ2) is 11.8. The third kappa shape index (κ3) is 5.78. The first-order chi connectivity index (χ1) is 20.1. The van der Waals surface area contributed by atoms with Gasteiger partial charge in [0, 0.05) is 35.4 Å². The number of hydrogen-bond acceptors (Lipinski definition) is 6. The molecule has 0 fully saturated rings. The Hall–Kier alpha value is -4.69. The molecule has 0 amide bonds. The van der Waals surface area contributed by atoms with Gasteiger partial charge in [0.15, 0.2) is 11.0 Å². The van der Waals surface area contributed by atoms with E-state index in [-0.39, 0.29) is 5.82 Å². The summed E-state index contributed by atoms with van der Waals surface area (Å²) in [4.78, 5) is 5.04. The van der Waals surface area contributed by atoms with Crippen molar-refractivity contribution in [1.82, 2.24) is 19.7 Å². The number of rotatable bonds is 9. The van der Waals surface area contributed by atoms with Crippen LogP contribution in [-0.2, 0) is 12.8 Å². The molecular formula is C33H27FN4O2S. The molecule has 0 atom stereocenters. The van der Waals surface area contributed by atoms with Gasteiger partial charge in [-0.2, -0.15) is 0 Å². The van der Waals surface area contributed by atoms with E-state index in [2.05, 4.69) is 10.2 Å². The highest BCUT2D eigenvalue weighted by molar-refractivity contribution is 7.98. The maximum absolute atomic E-state index is 13.3. The Bertz CT molecular complexity index is 1810. The Morgan fingerprint density at radius 2 is 1.59 bits per heavy atom. The molecule has 4 aromatic carbocycles. The van der Waals surface area contributed by atoms with Crippen molar-refractivity contribution < 1.29 is 13.9 Å². The van der Waals surface area contributed by atoms with Crippen molar-refractivity contribution in [3.05, 3.63) is 115 Å². The second-order valence-corrected chi connectivity index (χ2v) is 10.3. The van der Waals surface area contributed by atoms with Crippen LogP contribution in [0.15, 0.2) is 108 Å². The molecule has 0 saturated carbocycles. The van der Waals surface area contributed by atoms with Crippen LogP contribution in [0.25, 0.3) is 33.5 Å². The number of hydrogen-bond donors (Lipinski definition) is 0. The molecule has 0 saturated heterocycles. The standard InChI is InChI=1S/C33H27FN4O2S/c1-3-39-31-12-8-7-11-27(31)30-20-28(26-18-17-25(19-29(26)35-30)40-24-9-5-4-6-10-24)32-36-37-33(38(32)2)41-21-22-13-15-23(34)16-14-22/h4-20H,3,21H2,1-2H3. The fourth-order valence-electron chi connectivity index (χ4n) is 4.58. The lowest BCUT2D eigenvalue weighted by atomic mass is 10.0. The van der Waals surface area contributed by atoms with E-state index >= 15 is 0 Å². The minimum atomic E-state index is -0.247. The monoisotopic (exact) mass is 562 g/mol. The number of halogens is 1. The lowest BCUT2D eigenvalue weighted by molar-refractivity contribution is 0.341. The molecule has 2 aromatic heterocycles. The minimum absolute atomic E-state index is 0.247. The molecule has 0 spiro atoms. The van der Waals surface area contributed by atoms with Gasteiger partial charge >= 0.3 is 0 Å². The van der Waals surface area contributed by atoms with E-state index in [4.69, 9.17) is 14.5 Å². The van der Waals surface area contributed by atoms with Crippen LogP contribution in [-0.4, -0.2) is 26.4 Å². The van der Waals surface area contributed by atoms with E-state index in [1.807, 2.05) is 97.4 Å². The van der Waals surface area contributed by atoms with Crippen LogP contribution in [0.3, 0.4) is 0 Å². The van der Waals surface area contributed by atoms with Gasteiger partial charge in [0.1, 0.15) is 23.1 Å². The molecule has 0 aliphatic heterocycles. The fraction of sp³-hybridized carbons (Fsp3) is 0.121. The van der Waals surface area contributed by atoms with Crippen molar-refractivity contribution in [2.75, 3.05) is 6.61 Å². The van der Waals surface area contributed by atoms with Crippen LogP contribution in [0.4, 0.5) is 4.39 Å². The molecule has 2 heterocycles. The second-order valence-electron chi connectivity index (χ2n) is 9.36. The number of fused-ring (bicyclic) bond motifs is 1. The summed E-state index contributed by atoms with van der Waals surface area (Å²) in [6, 6.07) is 32.0. The molecule has 0 unspecified atom stereocenters. The quantitative estimate of drug-likeness (QED) is 0.165. The van der Waals surface area contributed by atoms with Gasteiger partial charge in [0.2, 0.25) is 0 Å². The number of pyridine rings is 1. The van der Waals surface area contributed by atoms with Gasteiger partial charge in [-0.25, -0.2) is 9.37 Å². The van der Waals surface area contributed by atoms with Crippen molar-refractivity contribution in [3.8, 4) is 39.9 Å². The average molecular weight is 563 g/mol. The van der Waals surface area contributed by atoms with Crippen molar-refractivity contribution in [3.63, 3.8) is 0 Å². The Morgan fingerprint density at radius 3 is 2.39 bits per heavy atom. The van der Waals surface area contributed by atoms with Crippen molar-refractivity contribution in [2.24, 2.45) is 7.05 Å². The van der Waals surface area contributed by atoms with E-state index in [1.54, 1.807) is 23.9 Å². The molecule has 6 nitrogen and oxygen atoms in total. The first-order valence-electron chi connectivity index (χ1n) is 13.3. The Labute approximate surface area is 241 Å². The van der Waals surface area contributed by atoms with Gasteiger partial charge in [0.05, 0.1) is 17.8 Å². The maximum atomic E-state index is 13.3. The minimum Gasteiger partial charge on any atom is -0.493 e. The lowest BCUT2D eigenvalue weighted by Gasteiger charge is -2.14. The van der Waals surface area contributed by atoms with Gasteiger partial charge in [-0.15, -0.1) is 10.2 Å². The molecule has 0 bridgehead atoms. The molecule has 41 heavy (non-hydrogen) atoms. The Balaban J connectivity index is 1.43. The summed E-state index contributed by atoms with van der Waals surface area (Å²) < 4.78 is 27.4. The van der Waals surface area contributed by atoms with Crippen LogP contribution < -0.4 is 9.47 Å². The zero-order valence-electron chi connectivity index (χ0n) is 22.6. The zero-order chi connectivity index (χ0) is 28.2. The third-order valence-corrected chi connectivity index (χ3v) is 7.67. The predicted octanol–water partition coefficient (Wildman–Crippen LogP) is 8.32. The highest BCUT2D eigenvalue weighted by Crippen LogP contribution is 2.37. The SMILES string of the molecule is CCOc1ccccc1-c1cc(-c2nnc(SCc3ccc(F)cc3)n2C)c2ccc(Oc3ccccc3)cc2n1. The maximum Gasteiger partial charge on any atom is 0.191 e. The summed E-state index contributed by atoms with van der Waals surface area (Å²) in [5, 5.41) is 10.8. The van der Waals surface area contributed by atoms with E-state index < -0.39 is 0 Å². The molecule has 0 aliphatic carbocycles. The highest BCUT2D eigenvalue weighted by atomic mass is 32.2. The predicted molar refractivity (Wildman–Crippen MR) is 161 cm³/mol. The van der Waals surface area contributed by atoms with Crippen LogP contribution in [0.1, 0.15) is 12.5 Å². The van der Waals surface area contributed by atoms with Crippen LogP contribution in [0.2, 0.25) is 0 Å². The van der Waals surface area contributed by atoms with Gasteiger partial charge in [-0.1, -0.05) is 54.2 Å². The van der Waals surface area contributed by atoms with E-state index in [1.165, 1.54) is 12.1 Å². The molecule has 8 heteroatoms. The van der Waals surface area contributed by atoms with Crippen molar-refractivity contribution >= 4 is 22.7 Å². The van der Waals surface area contributed by atoms with Crippen LogP contribution in [0, 0.1) is 5.82 Å². The van der Waals surface area contributed by atoms with Crippen molar-refractivity contribution in [2.45, 2.75) is 17.8 Å². The number of aromatic nitrogens is 4. The van der Waals surface area contributed by atoms with Gasteiger partial charge in [-0.3, -0.25) is 0 Å². The smallest absolute Gasteiger partial charge is 0.191 e. The normalized spacial score (nSPS) is 11.1. The molecule has 0 N–H and O–H groups in total. The van der Waals surface area contributed by atoms with E-state index in [0.29, 0.717) is 23.9 Å². The molecule has 0 radical (unpaired) electrons. The number of para-hydroxylation sites is 2. The van der Waals surface area contributed by atoms with Gasteiger partial charge < -0.3 is 14.0 Å². The average Bonchev–Trinajstić information content (AvgIpc) is 3.37. The molecule has 6 aromatic rings. The third-order valence-electron chi connectivity index (χ3n) is 6.58. The largest absolute Gasteiger partial charge is 0.493 e. The fourth-order valence-corrected chi connectivity index (χ4v) is 5.45. The number of ether oxygens (including phenoxy) is 2. The summed E-state index contributed by atoms with van der Waals surface area (Å²) >= 11 is 1.55. The first kappa shape index (κ1) is 26.5. The Morgan fingerprint density at radius 1 is 0.805 bits per heavy atom. The summed E-state index contributed by atoms with van der Waals surface area (Å²) in [6.07, 6.45) is 0. The highest BCUT2D eigenvalue weighted by Gasteiger charge is 2.18. The summed E-state index contributed by atoms with van der Waals surface area (Å²) in [5.74, 6) is 3.32. The lowest BCUT2D eigenvalue weighted by Crippen LogP contribution is -1.99. The van der Waals surface area contributed by atoms with Crippen LogP contribution in [0.5, 0.6) is 17.2 Å². The first-order valence-corrected chi connectivity index (χ1v) is 14.2. The van der Waals surface area contributed by atoms with Gasteiger partial charge in [0.25, 0.3) is 0 Å². The van der Waals surface area contributed by atoms with E-state index in [9.17, 15) is 4.39 Å². The van der Waals surface area contributed by atoms with E-state index in [0.717, 1.165) is 49.9 Å². The molecule has 204 valence electrons. The molecular weight excluding hydrogens is 535 g/mol. The number of nitrogens with zero attached hydrogens (tertiary/aromatic N) is 4. The zero-order valence-corrected chi connectivity index (χ0v) is 23.4. The number of benzene rings is 4. The Kier molecular flexibility index (Phi) is 7.65. The van der Waals surface area contributed by atoms with Crippen molar-refractivity contribution in [1.29, 1.82) is 0 Å². The van der Waals surface area contributed by atoms with Gasteiger partial charge in [-0.05, 0) is 67.1 Å². The summed E-state index contributed by atoms with van der Waals surface area (Å²) in [6.45, 7) is 2.51. The number of thioether (sulfide) groups is 1. The molecule has 0 aliphatic rings.